The monoisotopic (exact) mass is 785 g/mol. The Bertz CT molecular complexity index is 1520. The fraction of sp³-hybridized carbons (Fsp3) is 1.00. The van der Waals surface area contributed by atoms with Crippen LogP contribution in [0.4, 0.5) is 0 Å². The van der Waals surface area contributed by atoms with Crippen molar-refractivity contribution in [3.8, 4) is 0 Å². The van der Waals surface area contributed by atoms with Gasteiger partial charge in [0.05, 0.1) is 59.0 Å². The van der Waals surface area contributed by atoms with Crippen LogP contribution in [0.5, 0.6) is 0 Å². The molecule has 0 radical (unpaired) electrons. The number of azo groups is 3. The molecule has 15 nitrogen and oxygen atoms in total. The molecule has 302 valence electrons. The molecule has 0 aliphatic heterocycles. The third-order valence-electron chi connectivity index (χ3n) is 13.5. The van der Waals surface area contributed by atoms with Gasteiger partial charge in [-0.15, -0.1) is 0 Å². The van der Waals surface area contributed by atoms with Crippen LogP contribution in [0.1, 0.15) is 129 Å². The van der Waals surface area contributed by atoms with E-state index in [4.69, 9.17) is 25.2 Å². The number of rotatable bonds is 11. The van der Waals surface area contributed by atoms with Crippen molar-refractivity contribution < 1.29 is 35.8 Å². The molecule has 4 N–H and O–H groups in total. The van der Waals surface area contributed by atoms with Crippen LogP contribution < -0.4 is 5.32 Å². The summed E-state index contributed by atoms with van der Waals surface area (Å²) in [5, 5.41) is 41.9. The normalized spacial score (nSPS) is 43.7. The molecule has 0 aromatic rings. The minimum absolute atomic E-state index is 0.00719. The Morgan fingerprint density at radius 1 is 0.566 bits per heavy atom. The largest absolute Gasteiger partial charge is 0.391 e. The van der Waals surface area contributed by atoms with E-state index in [2.05, 4.69) is 22.5 Å². The highest BCUT2D eigenvalue weighted by Gasteiger charge is 2.43. The number of hydrogen-bond acceptors (Lipinski definition) is 13. The van der Waals surface area contributed by atoms with E-state index in [1.807, 2.05) is 0 Å². The lowest BCUT2D eigenvalue weighted by molar-refractivity contribution is -0.0147. The minimum Gasteiger partial charge on any atom is -0.391 e. The molecular weight excluding hydrogens is 723 g/mol. The third-order valence-corrected chi connectivity index (χ3v) is 16.1. The summed E-state index contributed by atoms with van der Waals surface area (Å²) in [4.78, 5) is 0. The van der Waals surface area contributed by atoms with Crippen molar-refractivity contribution in [2.75, 3.05) is 7.11 Å². The second kappa shape index (κ2) is 18.2. The number of fused-ring (bicyclic) bond motifs is 1. The van der Waals surface area contributed by atoms with Crippen molar-refractivity contribution in [1.29, 1.82) is 0 Å². The van der Waals surface area contributed by atoms with Gasteiger partial charge in [0, 0.05) is 19.2 Å². The van der Waals surface area contributed by atoms with E-state index in [1.165, 1.54) is 0 Å². The third kappa shape index (κ3) is 11.1. The molecule has 0 saturated heterocycles. The number of nitrogens with zero attached hydrogens (tertiary/aromatic N) is 6. The molecular formula is C36H63N7O8S2. The SMILES string of the molecule is COC1CC(N=NC2CCCC(S(=O)(=O)O)C2)CCC1N=NC1CCC(N=NC2CCC3CCC(NC4CCCC(S(=O)(=O)O)C4)CC3C2O)CC1C. The summed E-state index contributed by atoms with van der Waals surface area (Å²) in [6, 6.07) is 0.0946. The summed E-state index contributed by atoms with van der Waals surface area (Å²) in [6.07, 6.45) is 14.0. The van der Waals surface area contributed by atoms with Crippen LogP contribution in [-0.2, 0) is 25.0 Å². The van der Waals surface area contributed by atoms with Gasteiger partial charge in [-0.3, -0.25) is 9.11 Å². The predicted molar refractivity (Wildman–Crippen MR) is 199 cm³/mol. The van der Waals surface area contributed by atoms with Gasteiger partial charge in [-0.05, 0) is 133 Å². The number of hydrogen-bond donors (Lipinski definition) is 4. The van der Waals surface area contributed by atoms with Gasteiger partial charge in [-0.1, -0.05) is 13.3 Å². The molecule has 6 rings (SSSR count). The van der Waals surface area contributed by atoms with E-state index < -0.39 is 36.8 Å². The smallest absolute Gasteiger partial charge is 0.267 e. The van der Waals surface area contributed by atoms with E-state index in [-0.39, 0.29) is 60.4 Å². The van der Waals surface area contributed by atoms with Crippen molar-refractivity contribution in [2.24, 2.45) is 48.4 Å². The van der Waals surface area contributed by atoms with Crippen molar-refractivity contribution >= 4 is 20.2 Å². The average molecular weight is 786 g/mol. The Morgan fingerprint density at radius 2 is 1.11 bits per heavy atom. The summed E-state index contributed by atoms with van der Waals surface area (Å²) < 4.78 is 71.5. The van der Waals surface area contributed by atoms with E-state index in [1.54, 1.807) is 7.11 Å². The van der Waals surface area contributed by atoms with Gasteiger partial charge < -0.3 is 15.2 Å². The lowest BCUT2D eigenvalue weighted by Crippen LogP contribution is -2.51. The first-order valence-electron chi connectivity index (χ1n) is 20.4. The van der Waals surface area contributed by atoms with Crippen LogP contribution in [-0.4, -0.2) is 109 Å². The number of aliphatic hydroxyl groups excluding tert-OH is 1. The maximum Gasteiger partial charge on any atom is 0.267 e. The summed E-state index contributed by atoms with van der Waals surface area (Å²) >= 11 is 0. The van der Waals surface area contributed by atoms with Crippen molar-refractivity contribution in [3.63, 3.8) is 0 Å². The molecule has 0 heterocycles. The van der Waals surface area contributed by atoms with Gasteiger partial charge in [0.15, 0.2) is 0 Å². The van der Waals surface area contributed by atoms with Crippen LogP contribution in [0, 0.1) is 17.8 Å². The molecule has 0 aromatic carbocycles. The van der Waals surface area contributed by atoms with Crippen LogP contribution >= 0.6 is 0 Å². The molecule has 17 heteroatoms. The number of methoxy groups -OCH3 is 1. The molecule has 15 atom stereocenters. The molecule has 6 saturated carbocycles. The minimum atomic E-state index is -4.05. The van der Waals surface area contributed by atoms with Crippen molar-refractivity contribution in [3.05, 3.63) is 0 Å². The average Bonchev–Trinajstić information content (AvgIpc) is 3.13. The van der Waals surface area contributed by atoms with Gasteiger partial charge in [0.1, 0.15) is 0 Å². The highest BCUT2D eigenvalue weighted by atomic mass is 32.2. The second-order valence-corrected chi connectivity index (χ2v) is 20.6. The maximum absolute atomic E-state index is 11.7. The first kappa shape index (κ1) is 41.1. The summed E-state index contributed by atoms with van der Waals surface area (Å²) in [5.41, 5.74) is 0. The fourth-order valence-electron chi connectivity index (χ4n) is 10.3. The first-order chi connectivity index (χ1) is 25.3. The molecule has 6 fully saturated rings. The van der Waals surface area contributed by atoms with Gasteiger partial charge in [0.2, 0.25) is 0 Å². The van der Waals surface area contributed by atoms with Gasteiger partial charge >= 0.3 is 0 Å². The molecule has 0 bridgehead atoms. The zero-order valence-electron chi connectivity index (χ0n) is 31.5. The zero-order valence-corrected chi connectivity index (χ0v) is 33.1. The quantitative estimate of drug-likeness (QED) is 0.139. The van der Waals surface area contributed by atoms with E-state index in [9.17, 15) is 31.0 Å². The maximum atomic E-state index is 11.7. The van der Waals surface area contributed by atoms with Crippen molar-refractivity contribution in [2.45, 2.75) is 200 Å². The molecule has 6 aliphatic rings. The van der Waals surface area contributed by atoms with Gasteiger partial charge in [0.25, 0.3) is 20.2 Å². The molecule has 6 aliphatic carbocycles. The summed E-state index contributed by atoms with van der Waals surface area (Å²) in [6.45, 7) is 2.20. The lowest BCUT2D eigenvalue weighted by Gasteiger charge is -2.45. The Kier molecular flexibility index (Phi) is 14.1. The van der Waals surface area contributed by atoms with E-state index >= 15 is 0 Å². The van der Waals surface area contributed by atoms with Crippen LogP contribution in [0.25, 0.3) is 0 Å². The van der Waals surface area contributed by atoms with Crippen LogP contribution in [0.3, 0.4) is 0 Å². The Hall–Kier alpha value is -1.50. The lowest BCUT2D eigenvalue weighted by atomic mass is 9.66. The van der Waals surface area contributed by atoms with E-state index in [0.717, 1.165) is 83.5 Å². The molecule has 0 spiro atoms. The molecule has 0 aromatic heterocycles. The zero-order chi connectivity index (χ0) is 37.8. The first-order valence-corrected chi connectivity index (χ1v) is 23.4. The molecule has 15 unspecified atom stereocenters. The Labute approximate surface area is 316 Å². The summed E-state index contributed by atoms with van der Waals surface area (Å²) in [7, 11) is -6.37. The summed E-state index contributed by atoms with van der Waals surface area (Å²) in [5.74, 6) is 0.937. The number of ether oxygens (including phenoxy) is 1. The highest BCUT2D eigenvalue weighted by molar-refractivity contribution is 7.86. The predicted octanol–water partition coefficient (Wildman–Crippen LogP) is 6.13. The Morgan fingerprint density at radius 3 is 1.81 bits per heavy atom. The number of aliphatic hydroxyl groups is 1. The molecule has 0 amide bonds. The van der Waals surface area contributed by atoms with Crippen molar-refractivity contribution in [1.82, 2.24) is 5.32 Å². The Balaban J connectivity index is 0.938. The topological polar surface area (TPSA) is 224 Å². The van der Waals surface area contributed by atoms with E-state index in [0.29, 0.717) is 50.4 Å². The van der Waals surface area contributed by atoms with Crippen LogP contribution in [0.2, 0.25) is 0 Å². The standard InChI is InChI=1S/C36H63N7O8S2/c1-22-17-27(40-43-34-14-10-23-9-11-25(20-31(23)36(34)44)37-24-5-3-7-29(18-24)52(45,46)47)12-15-32(22)41-42-33-16-13-28(21-35(33)51-2)39-38-26-6-4-8-30(19-26)53(48,49)50/h22-37,44H,3-21H2,1-2H3,(H,45,46,47)(H,48,49,50). The number of nitrogens with one attached hydrogen (secondary N) is 1. The van der Waals surface area contributed by atoms with Gasteiger partial charge in [-0.25, -0.2) is 0 Å². The fourth-order valence-corrected chi connectivity index (χ4v) is 12.2. The second-order valence-electron chi connectivity index (χ2n) is 17.2. The highest BCUT2D eigenvalue weighted by Crippen LogP contribution is 2.43. The van der Waals surface area contributed by atoms with Gasteiger partial charge in [-0.2, -0.15) is 47.5 Å². The van der Waals surface area contributed by atoms with Crippen LogP contribution in [0.15, 0.2) is 30.7 Å². The molecule has 53 heavy (non-hydrogen) atoms.